The Hall–Kier alpha value is -2.04. The van der Waals surface area contributed by atoms with E-state index in [-0.39, 0.29) is 6.61 Å². The first-order valence-electron chi connectivity index (χ1n) is 9.72. The Labute approximate surface area is 175 Å². The van der Waals surface area contributed by atoms with Crippen LogP contribution in [0.15, 0.2) is 17.2 Å². The van der Waals surface area contributed by atoms with Gasteiger partial charge in [0.1, 0.15) is 17.2 Å². The number of carbonyl (C=O) groups is 1. The zero-order valence-corrected chi connectivity index (χ0v) is 18.5. The van der Waals surface area contributed by atoms with E-state index in [9.17, 15) is 9.90 Å². The SMILES string of the molecule is CN(C)[C@H]1CCN(c2cc(NC(=O)OC(C)(C)C)n3ncc(SCCO)c3n2)C1. The number of nitrogens with zero attached hydrogens (tertiary/aromatic N) is 5. The molecular weight excluding hydrogens is 392 g/mol. The Balaban J connectivity index is 1.95. The van der Waals surface area contributed by atoms with E-state index >= 15 is 0 Å². The van der Waals surface area contributed by atoms with Crippen LogP contribution in [-0.4, -0.2) is 81.9 Å². The molecule has 2 aromatic rings. The van der Waals surface area contributed by atoms with Gasteiger partial charge in [0.2, 0.25) is 0 Å². The van der Waals surface area contributed by atoms with Gasteiger partial charge < -0.3 is 19.6 Å². The number of aliphatic hydroxyl groups is 1. The zero-order valence-electron chi connectivity index (χ0n) is 17.7. The summed E-state index contributed by atoms with van der Waals surface area (Å²) in [4.78, 5) is 22.5. The van der Waals surface area contributed by atoms with Crippen LogP contribution in [0.25, 0.3) is 5.65 Å². The number of aromatic nitrogens is 3. The van der Waals surface area contributed by atoms with Gasteiger partial charge in [-0.15, -0.1) is 11.8 Å². The lowest BCUT2D eigenvalue weighted by Crippen LogP contribution is -2.32. The third-order valence-electron chi connectivity index (χ3n) is 4.62. The van der Waals surface area contributed by atoms with Crippen LogP contribution in [-0.2, 0) is 4.74 Å². The molecule has 2 N–H and O–H groups in total. The summed E-state index contributed by atoms with van der Waals surface area (Å²) in [5.41, 5.74) is 0.0550. The number of thioether (sulfide) groups is 1. The number of ether oxygens (including phenoxy) is 1. The molecule has 1 saturated heterocycles. The van der Waals surface area contributed by atoms with Gasteiger partial charge in [0.15, 0.2) is 5.65 Å². The fourth-order valence-electron chi connectivity index (χ4n) is 3.22. The standard InChI is InChI=1S/C19H30N6O3S/c1-19(2,3)28-18(27)22-16-10-15(24-7-6-13(12-24)23(4)5)21-17-14(29-9-8-26)11-20-25(16)17/h10-11,13,26H,6-9,12H2,1-5H3,(H,22,27)/t13-/m0/s1. The summed E-state index contributed by atoms with van der Waals surface area (Å²) < 4.78 is 7.01. The Morgan fingerprint density at radius 1 is 1.45 bits per heavy atom. The van der Waals surface area contributed by atoms with Crippen molar-refractivity contribution in [1.82, 2.24) is 19.5 Å². The molecule has 160 valence electrons. The summed E-state index contributed by atoms with van der Waals surface area (Å²) in [6.45, 7) is 7.30. The van der Waals surface area contributed by atoms with E-state index in [1.807, 2.05) is 26.8 Å². The lowest BCUT2D eigenvalue weighted by atomic mass is 10.2. The van der Waals surface area contributed by atoms with Gasteiger partial charge in [0, 0.05) is 31.0 Å². The van der Waals surface area contributed by atoms with Crippen LogP contribution < -0.4 is 10.2 Å². The highest BCUT2D eigenvalue weighted by Crippen LogP contribution is 2.29. The molecule has 29 heavy (non-hydrogen) atoms. The van der Waals surface area contributed by atoms with E-state index in [4.69, 9.17) is 9.72 Å². The van der Waals surface area contributed by atoms with Crippen molar-refractivity contribution in [2.75, 3.05) is 49.8 Å². The molecule has 1 atom stereocenters. The molecule has 1 fully saturated rings. The first-order chi connectivity index (χ1) is 13.7. The summed E-state index contributed by atoms with van der Waals surface area (Å²) in [6.07, 6.45) is 2.22. The maximum Gasteiger partial charge on any atom is 0.413 e. The molecular formula is C19H30N6O3S. The highest BCUT2D eigenvalue weighted by Gasteiger charge is 2.27. The second-order valence-electron chi connectivity index (χ2n) is 8.29. The van der Waals surface area contributed by atoms with Crippen molar-refractivity contribution < 1.29 is 14.6 Å². The normalized spacial score (nSPS) is 17.3. The minimum atomic E-state index is -0.598. The molecule has 0 saturated carbocycles. The number of hydrogen-bond donors (Lipinski definition) is 2. The number of carbonyl (C=O) groups excluding carboxylic acids is 1. The topological polar surface area (TPSA) is 95.2 Å². The Kier molecular flexibility index (Phi) is 6.55. The third kappa shape index (κ3) is 5.31. The van der Waals surface area contributed by atoms with Crippen molar-refractivity contribution in [2.45, 2.75) is 43.7 Å². The van der Waals surface area contributed by atoms with Crippen molar-refractivity contribution in [3.63, 3.8) is 0 Å². The minimum absolute atomic E-state index is 0.0708. The fraction of sp³-hybridized carbons (Fsp3) is 0.632. The van der Waals surface area contributed by atoms with E-state index in [1.54, 1.807) is 10.7 Å². The van der Waals surface area contributed by atoms with Crippen molar-refractivity contribution in [1.29, 1.82) is 0 Å². The first kappa shape index (κ1) is 21.7. The minimum Gasteiger partial charge on any atom is -0.444 e. The van der Waals surface area contributed by atoms with E-state index in [1.165, 1.54) is 11.8 Å². The quantitative estimate of drug-likeness (QED) is 0.685. The van der Waals surface area contributed by atoms with Crippen molar-refractivity contribution in [3.05, 3.63) is 12.3 Å². The van der Waals surface area contributed by atoms with Crippen LogP contribution in [0.5, 0.6) is 0 Å². The maximum absolute atomic E-state index is 12.4. The van der Waals surface area contributed by atoms with Crippen LogP contribution >= 0.6 is 11.8 Å². The fourth-order valence-corrected chi connectivity index (χ4v) is 3.91. The average molecular weight is 423 g/mol. The average Bonchev–Trinajstić information content (AvgIpc) is 3.25. The van der Waals surface area contributed by atoms with Crippen molar-refractivity contribution >= 4 is 35.1 Å². The van der Waals surface area contributed by atoms with E-state index in [0.29, 0.717) is 23.3 Å². The number of hydrogen-bond acceptors (Lipinski definition) is 8. The predicted molar refractivity (Wildman–Crippen MR) is 115 cm³/mol. The van der Waals surface area contributed by atoms with Gasteiger partial charge in [0.05, 0.1) is 17.7 Å². The number of fused-ring (bicyclic) bond motifs is 1. The summed E-state index contributed by atoms with van der Waals surface area (Å²) in [5.74, 6) is 1.84. The van der Waals surface area contributed by atoms with Crippen molar-refractivity contribution in [2.24, 2.45) is 0 Å². The largest absolute Gasteiger partial charge is 0.444 e. The third-order valence-corrected chi connectivity index (χ3v) is 5.61. The molecule has 0 radical (unpaired) electrons. The smallest absolute Gasteiger partial charge is 0.413 e. The number of rotatable bonds is 6. The molecule has 1 aliphatic rings. The number of anilines is 2. The van der Waals surface area contributed by atoms with Crippen LogP contribution in [0.2, 0.25) is 0 Å². The highest BCUT2D eigenvalue weighted by molar-refractivity contribution is 7.99. The molecule has 0 aliphatic carbocycles. The first-order valence-corrected chi connectivity index (χ1v) is 10.7. The molecule has 0 bridgehead atoms. The molecule has 1 amide bonds. The van der Waals surface area contributed by atoms with E-state index in [2.05, 4.69) is 34.3 Å². The zero-order chi connectivity index (χ0) is 21.2. The summed E-state index contributed by atoms with van der Waals surface area (Å²) in [5, 5.41) is 16.4. The summed E-state index contributed by atoms with van der Waals surface area (Å²) in [7, 11) is 4.17. The van der Waals surface area contributed by atoms with Crippen molar-refractivity contribution in [3.8, 4) is 0 Å². The molecule has 0 unspecified atom stereocenters. The Morgan fingerprint density at radius 2 is 2.21 bits per heavy atom. The maximum atomic E-state index is 12.4. The molecule has 3 heterocycles. The van der Waals surface area contributed by atoms with E-state index < -0.39 is 11.7 Å². The molecule has 0 spiro atoms. The molecule has 3 rings (SSSR count). The molecule has 0 aromatic carbocycles. The lowest BCUT2D eigenvalue weighted by Gasteiger charge is -2.22. The van der Waals surface area contributed by atoms with Gasteiger partial charge in [-0.2, -0.15) is 9.61 Å². The number of aliphatic hydroxyl groups excluding tert-OH is 1. The number of nitrogens with one attached hydrogen (secondary N) is 1. The number of likely N-dealkylation sites (N-methyl/N-ethyl adjacent to an activating group) is 1. The summed E-state index contributed by atoms with van der Waals surface area (Å²) >= 11 is 1.48. The van der Waals surface area contributed by atoms with Crippen LogP contribution in [0, 0.1) is 0 Å². The van der Waals surface area contributed by atoms with Gasteiger partial charge in [0.25, 0.3) is 0 Å². The van der Waals surface area contributed by atoms with Gasteiger partial charge in [-0.25, -0.2) is 9.78 Å². The summed E-state index contributed by atoms with van der Waals surface area (Å²) in [6, 6.07) is 2.30. The molecule has 9 nitrogen and oxygen atoms in total. The van der Waals surface area contributed by atoms with Crippen LogP contribution in [0.4, 0.5) is 16.4 Å². The molecule has 1 aliphatic heterocycles. The molecule has 2 aromatic heterocycles. The second-order valence-corrected chi connectivity index (χ2v) is 9.43. The lowest BCUT2D eigenvalue weighted by molar-refractivity contribution is 0.0635. The Morgan fingerprint density at radius 3 is 2.83 bits per heavy atom. The monoisotopic (exact) mass is 422 g/mol. The van der Waals surface area contributed by atoms with Gasteiger partial charge in [-0.05, 0) is 41.3 Å². The van der Waals surface area contributed by atoms with Gasteiger partial charge >= 0.3 is 6.09 Å². The van der Waals surface area contributed by atoms with Crippen LogP contribution in [0.3, 0.4) is 0 Å². The Bertz CT molecular complexity index is 863. The van der Waals surface area contributed by atoms with Crippen LogP contribution in [0.1, 0.15) is 27.2 Å². The predicted octanol–water partition coefficient (Wildman–Crippen LogP) is 2.30. The number of amides is 1. The molecule has 10 heteroatoms. The van der Waals surface area contributed by atoms with Gasteiger partial charge in [-0.3, -0.25) is 5.32 Å². The van der Waals surface area contributed by atoms with Gasteiger partial charge in [-0.1, -0.05) is 0 Å². The highest BCUT2D eigenvalue weighted by atomic mass is 32.2. The second kappa shape index (κ2) is 8.76. The van der Waals surface area contributed by atoms with E-state index in [0.717, 1.165) is 30.2 Å².